The fourth-order valence-corrected chi connectivity index (χ4v) is 3.65. The molecule has 0 aliphatic carbocycles. The molecule has 0 atom stereocenters. The lowest BCUT2D eigenvalue weighted by Crippen LogP contribution is -2.31. The normalized spacial score (nSPS) is 13.4. The number of hydrogen-bond donors (Lipinski definition) is 1. The maximum absolute atomic E-state index is 5.52. The third-order valence-corrected chi connectivity index (χ3v) is 5.22. The smallest absolute Gasteiger partial charge is 0.227 e. The highest BCUT2D eigenvalue weighted by Gasteiger charge is 2.20. The molecular weight excluding hydrogens is 380 g/mol. The summed E-state index contributed by atoms with van der Waals surface area (Å²) in [5.41, 5.74) is 4.25. The highest BCUT2D eigenvalue weighted by atomic mass is 16.5. The van der Waals surface area contributed by atoms with Crippen molar-refractivity contribution < 1.29 is 14.2 Å². The fraction of sp³-hybridized carbons (Fsp3) is 0.304. The Morgan fingerprint density at radius 1 is 1.00 bits per heavy atom. The first-order chi connectivity index (χ1) is 14.7. The average molecular weight is 406 g/mol. The summed E-state index contributed by atoms with van der Waals surface area (Å²) >= 11 is 0. The molecular formula is C23H26N4O3. The Bertz CT molecular complexity index is 1030. The van der Waals surface area contributed by atoms with Crippen LogP contribution in [0, 0.1) is 0 Å². The molecule has 0 fully saturated rings. The second kappa shape index (κ2) is 9.00. The summed E-state index contributed by atoms with van der Waals surface area (Å²) in [6, 6.07) is 13.6. The number of methoxy groups -OCH3 is 3. The van der Waals surface area contributed by atoms with E-state index in [1.165, 1.54) is 0 Å². The van der Waals surface area contributed by atoms with Gasteiger partial charge in [0.2, 0.25) is 5.95 Å². The maximum atomic E-state index is 5.52. The highest BCUT2D eigenvalue weighted by molar-refractivity contribution is 5.56. The number of rotatable bonds is 7. The van der Waals surface area contributed by atoms with Crippen molar-refractivity contribution in [2.24, 2.45) is 0 Å². The second-order valence-electron chi connectivity index (χ2n) is 7.16. The molecule has 0 radical (unpaired) electrons. The van der Waals surface area contributed by atoms with Crippen molar-refractivity contribution in [2.45, 2.75) is 19.5 Å². The Hall–Kier alpha value is -3.32. The van der Waals surface area contributed by atoms with Gasteiger partial charge in [-0.3, -0.25) is 4.90 Å². The van der Waals surface area contributed by atoms with Gasteiger partial charge in [-0.1, -0.05) is 6.07 Å². The third kappa shape index (κ3) is 4.46. The standard InChI is InChI=1S/C23H26N4O3/c1-28-19-6-4-5-18(12-19)25-23-24-13-17-15-27(10-9-21(17)26-23)14-16-11-20(29-2)7-8-22(16)30-3/h4-8,11-13H,9-10,14-15H2,1-3H3,(H,24,25,26). The number of nitrogens with zero attached hydrogens (tertiary/aromatic N) is 3. The van der Waals surface area contributed by atoms with E-state index in [-0.39, 0.29) is 0 Å². The van der Waals surface area contributed by atoms with Gasteiger partial charge in [0, 0.05) is 55.1 Å². The van der Waals surface area contributed by atoms with Gasteiger partial charge in [-0.2, -0.15) is 0 Å². The zero-order valence-electron chi connectivity index (χ0n) is 17.5. The molecule has 0 spiro atoms. The number of aromatic nitrogens is 2. The molecule has 2 aromatic carbocycles. The molecule has 2 heterocycles. The molecule has 7 heteroatoms. The van der Waals surface area contributed by atoms with Crippen LogP contribution in [0.15, 0.2) is 48.7 Å². The van der Waals surface area contributed by atoms with E-state index in [0.717, 1.165) is 65.8 Å². The van der Waals surface area contributed by atoms with E-state index in [2.05, 4.69) is 15.2 Å². The van der Waals surface area contributed by atoms with Crippen LogP contribution in [-0.2, 0) is 19.5 Å². The highest BCUT2D eigenvalue weighted by Crippen LogP contribution is 2.28. The van der Waals surface area contributed by atoms with Crippen molar-refractivity contribution >= 4 is 11.6 Å². The van der Waals surface area contributed by atoms with Crippen molar-refractivity contribution in [3.63, 3.8) is 0 Å². The summed E-state index contributed by atoms with van der Waals surface area (Å²) in [6.07, 6.45) is 2.79. The van der Waals surface area contributed by atoms with Crippen LogP contribution < -0.4 is 19.5 Å². The van der Waals surface area contributed by atoms with E-state index >= 15 is 0 Å². The first-order valence-corrected chi connectivity index (χ1v) is 9.87. The van der Waals surface area contributed by atoms with E-state index in [1.54, 1.807) is 21.3 Å². The molecule has 0 amide bonds. The number of benzene rings is 2. The molecule has 0 saturated heterocycles. The average Bonchev–Trinajstić information content (AvgIpc) is 2.79. The summed E-state index contributed by atoms with van der Waals surface area (Å²) < 4.78 is 16.2. The van der Waals surface area contributed by atoms with Crippen LogP contribution in [-0.4, -0.2) is 42.7 Å². The number of anilines is 2. The van der Waals surface area contributed by atoms with E-state index < -0.39 is 0 Å². The zero-order valence-corrected chi connectivity index (χ0v) is 17.5. The van der Waals surface area contributed by atoms with Gasteiger partial charge in [0.15, 0.2) is 0 Å². The van der Waals surface area contributed by atoms with E-state index in [1.807, 2.05) is 48.7 Å². The molecule has 0 saturated carbocycles. The Morgan fingerprint density at radius 3 is 2.63 bits per heavy atom. The van der Waals surface area contributed by atoms with Crippen LogP contribution in [0.5, 0.6) is 17.2 Å². The number of nitrogens with one attached hydrogen (secondary N) is 1. The van der Waals surface area contributed by atoms with Crippen molar-refractivity contribution in [3.8, 4) is 17.2 Å². The Morgan fingerprint density at radius 2 is 1.83 bits per heavy atom. The second-order valence-corrected chi connectivity index (χ2v) is 7.16. The van der Waals surface area contributed by atoms with Crippen LogP contribution in [0.3, 0.4) is 0 Å². The summed E-state index contributed by atoms with van der Waals surface area (Å²) in [7, 11) is 5.03. The minimum Gasteiger partial charge on any atom is -0.497 e. The Kier molecular flexibility index (Phi) is 5.99. The number of ether oxygens (including phenoxy) is 3. The van der Waals surface area contributed by atoms with Crippen molar-refractivity contribution in [1.82, 2.24) is 14.9 Å². The molecule has 156 valence electrons. The Balaban J connectivity index is 1.46. The summed E-state index contributed by atoms with van der Waals surface area (Å²) in [5.74, 6) is 3.10. The van der Waals surface area contributed by atoms with Crippen LogP contribution in [0.25, 0.3) is 0 Å². The molecule has 0 bridgehead atoms. The molecule has 1 N–H and O–H groups in total. The van der Waals surface area contributed by atoms with Crippen LogP contribution >= 0.6 is 0 Å². The van der Waals surface area contributed by atoms with Crippen LogP contribution in [0.2, 0.25) is 0 Å². The summed E-state index contributed by atoms with van der Waals surface area (Å²) in [4.78, 5) is 11.6. The van der Waals surface area contributed by atoms with Gasteiger partial charge < -0.3 is 19.5 Å². The monoisotopic (exact) mass is 406 g/mol. The lowest BCUT2D eigenvalue weighted by molar-refractivity contribution is 0.239. The van der Waals surface area contributed by atoms with Gasteiger partial charge >= 0.3 is 0 Å². The topological polar surface area (TPSA) is 68.7 Å². The van der Waals surface area contributed by atoms with Crippen LogP contribution in [0.4, 0.5) is 11.6 Å². The molecule has 1 aliphatic rings. The van der Waals surface area contributed by atoms with Crippen molar-refractivity contribution in [1.29, 1.82) is 0 Å². The molecule has 7 nitrogen and oxygen atoms in total. The third-order valence-electron chi connectivity index (χ3n) is 5.22. The first-order valence-electron chi connectivity index (χ1n) is 9.87. The van der Waals surface area contributed by atoms with Gasteiger partial charge in [0.05, 0.1) is 27.0 Å². The predicted octanol–water partition coefficient (Wildman–Crippen LogP) is 3.80. The van der Waals surface area contributed by atoms with Crippen LogP contribution in [0.1, 0.15) is 16.8 Å². The van der Waals surface area contributed by atoms with Gasteiger partial charge in [0.25, 0.3) is 0 Å². The van der Waals surface area contributed by atoms with Crippen molar-refractivity contribution in [2.75, 3.05) is 33.2 Å². The summed E-state index contributed by atoms with van der Waals surface area (Å²) in [6.45, 7) is 2.50. The van der Waals surface area contributed by atoms with Gasteiger partial charge in [-0.25, -0.2) is 9.97 Å². The number of hydrogen-bond acceptors (Lipinski definition) is 7. The van der Waals surface area contributed by atoms with Gasteiger partial charge in [-0.15, -0.1) is 0 Å². The summed E-state index contributed by atoms with van der Waals surface area (Å²) in [5, 5.41) is 3.26. The molecule has 4 rings (SSSR count). The molecule has 1 aromatic heterocycles. The fourth-order valence-electron chi connectivity index (χ4n) is 3.65. The molecule has 0 unspecified atom stereocenters. The largest absolute Gasteiger partial charge is 0.497 e. The van der Waals surface area contributed by atoms with E-state index in [0.29, 0.717) is 5.95 Å². The predicted molar refractivity (Wildman–Crippen MR) is 116 cm³/mol. The minimum absolute atomic E-state index is 0.602. The van der Waals surface area contributed by atoms with E-state index in [4.69, 9.17) is 19.2 Å². The minimum atomic E-state index is 0.602. The quantitative estimate of drug-likeness (QED) is 0.640. The first kappa shape index (κ1) is 20.0. The van der Waals surface area contributed by atoms with Gasteiger partial charge in [-0.05, 0) is 30.3 Å². The maximum Gasteiger partial charge on any atom is 0.227 e. The number of fused-ring (bicyclic) bond motifs is 1. The molecule has 3 aromatic rings. The van der Waals surface area contributed by atoms with E-state index in [9.17, 15) is 0 Å². The SMILES string of the molecule is COc1cccc(Nc2ncc3c(n2)CCN(Cc2cc(OC)ccc2OC)C3)c1. The molecule has 30 heavy (non-hydrogen) atoms. The molecule has 1 aliphatic heterocycles. The lowest BCUT2D eigenvalue weighted by Gasteiger charge is -2.28. The zero-order chi connectivity index (χ0) is 20.9. The van der Waals surface area contributed by atoms with Crippen molar-refractivity contribution in [3.05, 3.63) is 65.5 Å². The van der Waals surface area contributed by atoms with Gasteiger partial charge in [0.1, 0.15) is 17.2 Å². The lowest BCUT2D eigenvalue weighted by atomic mass is 10.1. The Labute approximate surface area is 176 Å².